The zero-order valence-corrected chi connectivity index (χ0v) is 11.4. The number of hydrogen-bond acceptors (Lipinski definition) is 3. The summed E-state index contributed by atoms with van der Waals surface area (Å²) >= 11 is 0. The van der Waals surface area contributed by atoms with Crippen LogP contribution in [0.2, 0.25) is 0 Å². The molecule has 2 aromatic rings. The van der Waals surface area contributed by atoms with Gasteiger partial charge in [0.25, 0.3) is 0 Å². The van der Waals surface area contributed by atoms with Crippen LogP contribution < -0.4 is 4.74 Å². The van der Waals surface area contributed by atoms with Crippen molar-refractivity contribution in [2.24, 2.45) is 0 Å². The molecule has 0 fully saturated rings. The van der Waals surface area contributed by atoms with Crippen LogP contribution >= 0.6 is 0 Å². The summed E-state index contributed by atoms with van der Waals surface area (Å²) in [5.74, 6) is 0.737. The van der Waals surface area contributed by atoms with E-state index in [1.807, 2.05) is 55.2 Å². The lowest BCUT2D eigenvalue weighted by Crippen LogP contribution is -2.02. The summed E-state index contributed by atoms with van der Waals surface area (Å²) in [6, 6.07) is 7.62. The Balaban J connectivity index is 2.06. The van der Waals surface area contributed by atoms with Gasteiger partial charge in [0.15, 0.2) is 0 Å². The molecular formula is C15H20N2O2. The van der Waals surface area contributed by atoms with Crippen molar-refractivity contribution in [3.8, 4) is 5.75 Å². The quantitative estimate of drug-likeness (QED) is 0.868. The molecule has 1 aromatic carbocycles. The smallest absolute Gasteiger partial charge is 0.125 e. The van der Waals surface area contributed by atoms with E-state index in [0.29, 0.717) is 13.0 Å². The highest BCUT2D eigenvalue weighted by atomic mass is 16.5. The van der Waals surface area contributed by atoms with Crippen LogP contribution in [0.4, 0.5) is 0 Å². The molecule has 1 N–H and O–H groups in total. The monoisotopic (exact) mass is 260 g/mol. The van der Waals surface area contributed by atoms with Gasteiger partial charge in [0.1, 0.15) is 12.4 Å². The van der Waals surface area contributed by atoms with Crippen LogP contribution in [0, 0.1) is 0 Å². The summed E-state index contributed by atoms with van der Waals surface area (Å²) in [7, 11) is 0. The van der Waals surface area contributed by atoms with Gasteiger partial charge in [0.2, 0.25) is 0 Å². The first-order chi connectivity index (χ1) is 9.24. The third kappa shape index (κ3) is 3.35. The number of hydrogen-bond donors (Lipinski definition) is 1. The second-order valence-electron chi connectivity index (χ2n) is 4.45. The SMILES string of the molecule is CC[C@H](O)c1ccccc1OCc1cnn(CC)c1. The summed E-state index contributed by atoms with van der Waals surface area (Å²) in [6.07, 6.45) is 3.98. The van der Waals surface area contributed by atoms with E-state index in [0.717, 1.165) is 23.4 Å². The van der Waals surface area contributed by atoms with E-state index in [9.17, 15) is 5.11 Å². The van der Waals surface area contributed by atoms with Gasteiger partial charge in [0, 0.05) is 23.9 Å². The van der Waals surface area contributed by atoms with Crippen molar-refractivity contribution in [2.45, 2.75) is 39.5 Å². The molecule has 1 atom stereocenters. The zero-order valence-electron chi connectivity index (χ0n) is 11.4. The molecule has 1 heterocycles. The minimum absolute atomic E-state index is 0.466. The predicted molar refractivity (Wildman–Crippen MR) is 73.9 cm³/mol. The van der Waals surface area contributed by atoms with Crippen molar-refractivity contribution >= 4 is 0 Å². The van der Waals surface area contributed by atoms with Gasteiger partial charge in [0.05, 0.1) is 12.3 Å². The standard InChI is InChI=1S/C15H20N2O2/c1-3-14(18)13-7-5-6-8-15(13)19-11-12-9-16-17(4-2)10-12/h5-10,14,18H,3-4,11H2,1-2H3/t14-/m0/s1. The normalized spacial score (nSPS) is 12.4. The molecule has 0 unspecified atom stereocenters. The Morgan fingerprint density at radius 3 is 2.79 bits per heavy atom. The third-order valence-electron chi connectivity index (χ3n) is 3.07. The minimum Gasteiger partial charge on any atom is -0.488 e. The van der Waals surface area contributed by atoms with Crippen LogP contribution in [0.3, 0.4) is 0 Å². The summed E-state index contributed by atoms with van der Waals surface area (Å²) < 4.78 is 7.66. The molecule has 0 amide bonds. The first kappa shape index (κ1) is 13.6. The Morgan fingerprint density at radius 1 is 1.32 bits per heavy atom. The number of aryl methyl sites for hydroxylation is 1. The fourth-order valence-corrected chi connectivity index (χ4v) is 1.92. The van der Waals surface area contributed by atoms with Crippen molar-refractivity contribution in [3.05, 3.63) is 47.8 Å². The number of nitrogens with zero attached hydrogens (tertiary/aromatic N) is 2. The van der Waals surface area contributed by atoms with Crippen LogP contribution in [0.15, 0.2) is 36.7 Å². The second kappa shape index (κ2) is 6.38. The van der Waals surface area contributed by atoms with E-state index < -0.39 is 6.10 Å². The molecular weight excluding hydrogens is 240 g/mol. The fourth-order valence-electron chi connectivity index (χ4n) is 1.92. The largest absolute Gasteiger partial charge is 0.488 e. The second-order valence-corrected chi connectivity index (χ2v) is 4.45. The number of benzene rings is 1. The first-order valence-corrected chi connectivity index (χ1v) is 6.65. The highest BCUT2D eigenvalue weighted by Gasteiger charge is 2.11. The van der Waals surface area contributed by atoms with Crippen molar-refractivity contribution in [2.75, 3.05) is 0 Å². The highest BCUT2D eigenvalue weighted by molar-refractivity contribution is 5.35. The number of aliphatic hydroxyl groups is 1. The Labute approximate surface area is 113 Å². The molecule has 0 saturated heterocycles. The number of ether oxygens (including phenoxy) is 1. The molecule has 0 saturated carbocycles. The van der Waals surface area contributed by atoms with Gasteiger partial charge in [-0.25, -0.2) is 0 Å². The van der Waals surface area contributed by atoms with Gasteiger partial charge in [-0.3, -0.25) is 4.68 Å². The van der Waals surface area contributed by atoms with E-state index in [-0.39, 0.29) is 0 Å². The topological polar surface area (TPSA) is 47.3 Å². The molecule has 2 rings (SSSR count). The maximum Gasteiger partial charge on any atom is 0.125 e. The summed E-state index contributed by atoms with van der Waals surface area (Å²) in [5.41, 5.74) is 1.87. The van der Waals surface area contributed by atoms with Crippen LogP contribution in [-0.2, 0) is 13.2 Å². The van der Waals surface area contributed by atoms with Gasteiger partial charge in [-0.15, -0.1) is 0 Å². The Kier molecular flexibility index (Phi) is 4.58. The molecule has 0 bridgehead atoms. The lowest BCUT2D eigenvalue weighted by atomic mass is 10.1. The molecule has 0 aliphatic heterocycles. The van der Waals surface area contributed by atoms with Gasteiger partial charge in [-0.1, -0.05) is 25.1 Å². The lowest BCUT2D eigenvalue weighted by Gasteiger charge is -2.14. The number of para-hydroxylation sites is 1. The van der Waals surface area contributed by atoms with Crippen molar-refractivity contribution in [1.82, 2.24) is 9.78 Å². The fraction of sp³-hybridized carbons (Fsp3) is 0.400. The van der Waals surface area contributed by atoms with E-state index in [2.05, 4.69) is 5.10 Å². The first-order valence-electron chi connectivity index (χ1n) is 6.65. The van der Waals surface area contributed by atoms with Gasteiger partial charge < -0.3 is 9.84 Å². The molecule has 0 aliphatic rings. The van der Waals surface area contributed by atoms with Crippen molar-refractivity contribution in [3.63, 3.8) is 0 Å². The predicted octanol–water partition coefficient (Wildman–Crippen LogP) is 2.93. The molecule has 4 heteroatoms. The van der Waals surface area contributed by atoms with Crippen molar-refractivity contribution in [1.29, 1.82) is 0 Å². The van der Waals surface area contributed by atoms with E-state index in [1.54, 1.807) is 0 Å². The zero-order chi connectivity index (χ0) is 13.7. The maximum absolute atomic E-state index is 9.95. The average molecular weight is 260 g/mol. The van der Waals surface area contributed by atoms with Gasteiger partial charge in [-0.2, -0.15) is 5.10 Å². The Bertz CT molecular complexity index is 522. The molecule has 0 aliphatic carbocycles. The van der Waals surface area contributed by atoms with Crippen LogP contribution in [-0.4, -0.2) is 14.9 Å². The lowest BCUT2D eigenvalue weighted by molar-refractivity contribution is 0.166. The van der Waals surface area contributed by atoms with Crippen molar-refractivity contribution < 1.29 is 9.84 Å². The van der Waals surface area contributed by atoms with Gasteiger partial charge in [-0.05, 0) is 19.4 Å². The van der Waals surface area contributed by atoms with E-state index >= 15 is 0 Å². The number of rotatable bonds is 6. The highest BCUT2D eigenvalue weighted by Crippen LogP contribution is 2.27. The molecule has 19 heavy (non-hydrogen) atoms. The molecule has 4 nitrogen and oxygen atoms in total. The molecule has 0 radical (unpaired) electrons. The number of aromatic nitrogens is 2. The molecule has 102 valence electrons. The van der Waals surface area contributed by atoms with E-state index in [1.165, 1.54) is 0 Å². The summed E-state index contributed by atoms with van der Waals surface area (Å²) in [5, 5.41) is 14.2. The average Bonchev–Trinajstić information content (AvgIpc) is 2.92. The number of aliphatic hydroxyl groups excluding tert-OH is 1. The summed E-state index contributed by atoms with van der Waals surface area (Å²) in [6.45, 7) is 5.32. The Hall–Kier alpha value is -1.81. The Morgan fingerprint density at radius 2 is 2.11 bits per heavy atom. The minimum atomic E-state index is -0.477. The van der Waals surface area contributed by atoms with Crippen LogP contribution in [0.1, 0.15) is 37.5 Å². The molecule has 1 aromatic heterocycles. The van der Waals surface area contributed by atoms with Gasteiger partial charge >= 0.3 is 0 Å². The third-order valence-corrected chi connectivity index (χ3v) is 3.07. The maximum atomic E-state index is 9.95. The van der Waals surface area contributed by atoms with E-state index in [4.69, 9.17) is 4.74 Å². The summed E-state index contributed by atoms with van der Waals surface area (Å²) in [4.78, 5) is 0. The molecule has 0 spiro atoms. The van der Waals surface area contributed by atoms with Crippen LogP contribution in [0.5, 0.6) is 5.75 Å². The van der Waals surface area contributed by atoms with Crippen LogP contribution in [0.25, 0.3) is 0 Å².